The lowest BCUT2D eigenvalue weighted by Crippen LogP contribution is -2.64. The Kier molecular flexibility index (Phi) is 6.86. The van der Waals surface area contributed by atoms with Gasteiger partial charge >= 0.3 is 0 Å². The highest BCUT2D eigenvalue weighted by molar-refractivity contribution is 6.00. The molecular weight excluding hydrogens is 592 g/mol. The van der Waals surface area contributed by atoms with Gasteiger partial charge in [-0.15, -0.1) is 0 Å². The first-order valence-corrected chi connectivity index (χ1v) is 16.5. The molecule has 4 amide bonds. The summed E-state index contributed by atoms with van der Waals surface area (Å²) in [6.07, 6.45) is 3.19. The normalized spacial score (nSPS) is 28.0. The van der Waals surface area contributed by atoms with Crippen LogP contribution < -0.4 is 21.3 Å². The Morgan fingerprint density at radius 1 is 0.745 bits per heavy atom. The molecule has 1 unspecified atom stereocenters. The van der Waals surface area contributed by atoms with Gasteiger partial charge in [0.25, 0.3) is 0 Å². The van der Waals surface area contributed by atoms with Crippen molar-refractivity contribution in [3.63, 3.8) is 0 Å². The molecule has 4 aromatic rings. The maximum absolute atomic E-state index is 14.2. The number of benzene rings is 3. The zero-order valence-electron chi connectivity index (χ0n) is 26.4. The lowest BCUT2D eigenvalue weighted by atomic mass is 9.71. The molecule has 0 radical (unpaired) electrons. The molecule has 4 aliphatic heterocycles. The fourth-order valence-corrected chi connectivity index (χ4v) is 8.36. The van der Waals surface area contributed by atoms with Crippen LogP contribution in [0.15, 0.2) is 79.0 Å². The molecule has 3 saturated heterocycles. The third kappa shape index (κ3) is 4.60. The van der Waals surface area contributed by atoms with E-state index in [0.29, 0.717) is 25.7 Å². The number of aromatic nitrogens is 1. The molecule has 5 heterocycles. The van der Waals surface area contributed by atoms with Gasteiger partial charge in [-0.1, -0.05) is 80.6 Å². The van der Waals surface area contributed by atoms with E-state index in [1.807, 2.05) is 80.7 Å². The van der Waals surface area contributed by atoms with Crippen molar-refractivity contribution < 1.29 is 19.2 Å². The second-order valence-corrected chi connectivity index (χ2v) is 13.8. The lowest BCUT2D eigenvalue weighted by molar-refractivity contribution is -0.148. The van der Waals surface area contributed by atoms with E-state index in [0.717, 1.165) is 38.8 Å². The summed E-state index contributed by atoms with van der Waals surface area (Å²) in [4.78, 5) is 59.2. The second-order valence-electron chi connectivity index (χ2n) is 13.8. The van der Waals surface area contributed by atoms with Crippen LogP contribution in [-0.4, -0.2) is 63.8 Å². The Balaban J connectivity index is 1.16. The van der Waals surface area contributed by atoms with E-state index in [-0.39, 0.29) is 29.5 Å². The van der Waals surface area contributed by atoms with Crippen LogP contribution in [0.5, 0.6) is 0 Å². The summed E-state index contributed by atoms with van der Waals surface area (Å²) >= 11 is 0. The lowest BCUT2D eigenvalue weighted by Gasteiger charge is -2.38. The molecule has 0 saturated carbocycles. The largest absolute Gasteiger partial charge is 0.364 e. The van der Waals surface area contributed by atoms with E-state index in [4.69, 9.17) is 0 Å². The molecule has 0 bridgehead atoms. The van der Waals surface area contributed by atoms with Crippen LogP contribution in [0.1, 0.15) is 48.9 Å². The number of aromatic amines is 1. The van der Waals surface area contributed by atoms with Gasteiger partial charge in [0.2, 0.25) is 23.6 Å². The summed E-state index contributed by atoms with van der Waals surface area (Å²) in [5, 5.41) is 13.5. The SMILES string of the molecule is CC(C)C[C@H]1NC(=O)[C@H](Cc2c[nH]c3c(C45C[C@H]6C(=O)N[C@H](Cc7ccccc7)C(=O)N6[C@H]4Nc4ccccc45)cccc23)NC1=O. The van der Waals surface area contributed by atoms with Gasteiger partial charge in [0.05, 0.1) is 5.41 Å². The van der Waals surface area contributed by atoms with Crippen LogP contribution in [0.3, 0.4) is 0 Å². The van der Waals surface area contributed by atoms with E-state index in [1.54, 1.807) is 4.90 Å². The van der Waals surface area contributed by atoms with Crippen LogP contribution in [0.25, 0.3) is 10.9 Å². The Morgan fingerprint density at radius 3 is 2.26 bits per heavy atom. The Morgan fingerprint density at radius 2 is 1.45 bits per heavy atom. The van der Waals surface area contributed by atoms with Gasteiger partial charge in [0.15, 0.2) is 0 Å². The van der Waals surface area contributed by atoms with Gasteiger partial charge in [-0.2, -0.15) is 0 Å². The number of H-pyrrole nitrogens is 1. The number of rotatable bonds is 7. The molecule has 0 spiro atoms. The molecular formula is C37H38N6O4. The Bertz CT molecular complexity index is 1920. The molecule has 10 nitrogen and oxygen atoms in total. The van der Waals surface area contributed by atoms with E-state index in [2.05, 4.69) is 38.4 Å². The van der Waals surface area contributed by atoms with Crippen LogP contribution in [0.4, 0.5) is 5.69 Å². The molecule has 1 aromatic heterocycles. The van der Waals surface area contributed by atoms with Crippen molar-refractivity contribution in [3.8, 4) is 0 Å². The van der Waals surface area contributed by atoms with E-state index < -0.39 is 35.7 Å². The third-order valence-electron chi connectivity index (χ3n) is 10.4. The molecule has 0 aliphatic carbocycles. The summed E-state index contributed by atoms with van der Waals surface area (Å²) in [6.45, 7) is 4.05. The molecule has 10 heteroatoms. The minimum Gasteiger partial charge on any atom is -0.364 e. The number of anilines is 1. The standard InChI is InChI=1S/C37H38N6O4/c1-20(2)15-27-32(44)40-28(33(45)39-27)17-22-19-38-31-23(22)11-8-13-25(31)37-18-30-34(46)41-29(16-21-9-4-3-5-10-21)35(47)43(30)36(37)42-26-14-7-6-12-24(26)37/h3-14,19-20,27-30,36,38,42H,15-18H2,1-2H3,(H,39,45)(H,40,44)(H,41,46)/t27-,28+,29-,30+,36-,37?/m1/s1. The molecule has 240 valence electrons. The summed E-state index contributed by atoms with van der Waals surface area (Å²) in [7, 11) is 0. The van der Waals surface area contributed by atoms with Crippen molar-refractivity contribution >= 4 is 40.2 Å². The number of hydrogen-bond donors (Lipinski definition) is 5. The van der Waals surface area contributed by atoms with Gasteiger partial charge in [-0.25, -0.2) is 0 Å². The number of para-hydroxylation sites is 2. The summed E-state index contributed by atoms with van der Waals surface area (Å²) < 4.78 is 0. The first kappa shape index (κ1) is 29.3. The number of hydrogen-bond acceptors (Lipinski definition) is 5. The number of carbonyl (C=O) groups excluding carboxylic acids is 4. The van der Waals surface area contributed by atoms with Crippen molar-refractivity contribution in [1.29, 1.82) is 0 Å². The van der Waals surface area contributed by atoms with Crippen molar-refractivity contribution in [2.75, 3.05) is 5.32 Å². The summed E-state index contributed by atoms with van der Waals surface area (Å²) in [6, 6.07) is 21.4. The fraction of sp³-hybridized carbons (Fsp3) is 0.351. The third-order valence-corrected chi connectivity index (χ3v) is 10.4. The minimum absolute atomic E-state index is 0.0974. The van der Waals surface area contributed by atoms with E-state index in [9.17, 15) is 19.2 Å². The smallest absolute Gasteiger partial charge is 0.247 e. The van der Waals surface area contributed by atoms with Crippen LogP contribution in [0.2, 0.25) is 0 Å². The number of carbonyl (C=O) groups is 4. The van der Waals surface area contributed by atoms with Crippen LogP contribution in [-0.2, 0) is 37.4 Å². The van der Waals surface area contributed by atoms with Crippen molar-refractivity contribution in [2.45, 2.75) is 75.3 Å². The second kappa shape index (κ2) is 11.0. The molecule has 3 aromatic carbocycles. The average Bonchev–Trinajstić information content (AvgIpc) is 3.72. The monoisotopic (exact) mass is 630 g/mol. The predicted molar refractivity (Wildman–Crippen MR) is 177 cm³/mol. The summed E-state index contributed by atoms with van der Waals surface area (Å²) in [5.74, 6) is -0.307. The first-order valence-electron chi connectivity index (χ1n) is 16.5. The number of amides is 4. The maximum Gasteiger partial charge on any atom is 0.247 e. The van der Waals surface area contributed by atoms with Crippen molar-refractivity contribution in [2.24, 2.45) is 5.92 Å². The van der Waals surface area contributed by atoms with E-state index in [1.165, 1.54) is 0 Å². The quantitative estimate of drug-likeness (QED) is 0.214. The van der Waals surface area contributed by atoms with Crippen LogP contribution in [0, 0.1) is 5.92 Å². The number of fused-ring (bicyclic) bond motifs is 6. The average molecular weight is 631 g/mol. The number of nitrogens with one attached hydrogen (secondary N) is 5. The number of nitrogens with zero attached hydrogens (tertiary/aromatic N) is 1. The van der Waals surface area contributed by atoms with Gasteiger partial charge in [0, 0.05) is 35.6 Å². The molecule has 8 rings (SSSR count). The predicted octanol–water partition coefficient (Wildman–Crippen LogP) is 3.12. The molecule has 5 N–H and O–H groups in total. The highest BCUT2D eigenvalue weighted by Crippen LogP contribution is 2.56. The molecule has 6 atom stereocenters. The van der Waals surface area contributed by atoms with Crippen molar-refractivity contribution in [3.05, 3.63) is 101 Å². The van der Waals surface area contributed by atoms with Gasteiger partial charge in [0.1, 0.15) is 30.3 Å². The zero-order chi connectivity index (χ0) is 32.4. The summed E-state index contributed by atoms with van der Waals surface area (Å²) in [5.41, 5.74) is 5.03. The van der Waals surface area contributed by atoms with Gasteiger partial charge in [-0.05, 0) is 47.1 Å². The minimum atomic E-state index is -0.710. The Hall–Kier alpha value is -5.12. The highest BCUT2D eigenvalue weighted by Gasteiger charge is 2.64. The number of piperazine rings is 2. The zero-order valence-corrected chi connectivity index (χ0v) is 26.4. The highest BCUT2D eigenvalue weighted by atomic mass is 16.2. The molecule has 4 aliphatic rings. The first-order chi connectivity index (χ1) is 22.7. The van der Waals surface area contributed by atoms with Crippen LogP contribution >= 0.6 is 0 Å². The Labute approximate surface area is 272 Å². The fourth-order valence-electron chi connectivity index (χ4n) is 8.36. The van der Waals surface area contributed by atoms with Gasteiger partial charge < -0.3 is 31.2 Å². The topological polar surface area (TPSA) is 135 Å². The molecule has 47 heavy (non-hydrogen) atoms. The van der Waals surface area contributed by atoms with Crippen molar-refractivity contribution in [1.82, 2.24) is 25.8 Å². The van der Waals surface area contributed by atoms with E-state index >= 15 is 0 Å². The maximum atomic E-state index is 14.2. The van der Waals surface area contributed by atoms with Gasteiger partial charge in [-0.3, -0.25) is 19.2 Å². The molecule has 3 fully saturated rings.